The smallest absolute Gasteiger partial charge is 0.226 e. The third-order valence-corrected chi connectivity index (χ3v) is 7.97. The number of benzene rings is 2. The number of nitrogens with one attached hydrogen (secondary N) is 1. The predicted molar refractivity (Wildman–Crippen MR) is 139 cm³/mol. The van der Waals surface area contributed by atoms with E-state index in [1.807, 2.05) is 18.2 Å². The lowest BCUT2D eigenvalue weighted by Gasteiger charge is -2.40. The molecule has 1 aliphatic heterocycles. The number of piperidine rings is 1. The molecule has 0 aromatic heterocycles. The van der Waals surface area contributed by atoms with Crippen LogP contribution in [0.3, 0.4) is 0 Å². The van der Waals surface area contributed by atoms with Crippen molar-refractivity contribution in [2.45, 2.75) is 57.1 Å². The first-order valence-corrected chi connectivity index (χ1v) is 12.8. The van der Waals surface area contributed by atoms with E-state index in [1.165, 1.54) is 5.56 Å². The van der Waals surface area contributed by atoms with Crippen LogP contribution in [-0.4, -0.2) is 64.4 Å². The van der Waals surface area contributed by atoms with Crippen molar-refractivity contribution < 1.29 is 19.0 Å². The van der Waals surface area contributed by atoms with Gasteiger partial charge in [-0.25, -0.2) is 0 Å². The van der Waals surface area contributed by atoms with Gasteiger partial charge in [0.15, 0.2) is 0 Å². The number of ether oxygens (including phenoxy) is 3. The zero-order chi connectivity index (χ0) is 24.8. The van der Waals surface area contributed by atoms with Gasteiger partial charge < -0.3 is 24.4 Å². The monoisotopic (exact) mass is 480 g/mol. The molecule has 190 valence electrons. The van der Waals surface area contributed by atoms with Crippen LogP contribution in [0.4, 0.5) is 0 Å². The Morgan fingerprint density at radius 2 is 1.54 bits per heavy atom. The predicted octanol–water partition coefficient (Wildman–Crippen LogP) is 4.70. The Morgan fingerprint density at radius 3 is 2.09 bits per heavy atom. The number of nitrogens with zero attached hydrogens (tertiary/aromatic N) is 1. The second kappa shape index (κ2) is 11.4. The summed E-state index contributed by atoms with van der Waals surface area (Å²) in [6.45, 7) is 2.08. The highest BCUT2D eigenvalue weighted by Crippen LogP contribution is 2.42. The Labute approximate surface area is 209 Å². The van der Waals surface area contributed by atoms with Gasteiger partial charge in [0, 0.05) is 13.2 Å². The van der Waals surface area contributed by atoms with Gasteiger partial charge in [0.05, 0.1) is 31.3 Å². The van der Waals surface area contributed by atoms with E-state index in [2.05, 4.69) is 41.5 Å². The minimum Gasteiger partial charge on any atom is -0.496 e. The lowest BCUT2D eigenvalue weighted by molar-refractivity contribution is -0.135. The Morgan fingerprint density at radius 1 is 0.943 bits per heavy atom. The average Bonchev–Trinajstić information content (AvgIpc) is 2.90. The largest absolute Gasteiger partial charge is 0.496 e. The van der Waals surface area contributed by atoms with Crippen molar-refractivity contribution in [1.82, 2.24) is 10.2 Å². The standard InChI is InChI=1S/C29H40N2O4/c1-31-18-14-23(15-19-31)30-28(32)29(16-12-24(33-2)13-17-29)20-21-8-10-22(11-9-21)27-25(34-3)6-5-7-26(27)35-4/h5-11,23-24H,12-20H2,1-4H3,(H,30,32). The second-order valence-corrected chi connectivity index (χ2v) is 10.2. The molecule has 1 saturated carbocycles. The maximum absolute atomic E-state index is 13.7. The van der Waals surface area contributed by atoms with E-state index in [1.54, 1.807) is 21.3 Å². The summed E-state index contributed by atoms with van der Waals surface area (Å²) in [6, 6.07) is 14.6. The van der Waals surface area contributed by atoms with Gasteiger partial charge in [-0.2, -0.15) is 0 Å². The lowest BCUT2D eigenvalue weighted by Crippen LogP contribution is -2.51. The molecular formula is C29H40N2O4. The number of methoxy groups -OCH3 is 3. The summed E-state index contributed by atoms with van der Waals surface area (Å²) in [5.41, 5.74) is 2.77. The van der Waals surface area contributed by atoms with Crippen LogP contribution in [0.15, 0.2) is 42.5 Å². The number of rotatable bonds is 8. The highest BCUT2D eigenvalue weighted by atomic mass is 16.5. The molecule has 2 aromatic rings. The maximum Gasteiger partial charge on any atom is 0.226 e. The summed E-state index contributed by atoms with van der Waals surface area (Å²) >= 11 is 0. The number of carbonyl (C=O) groups excluding carboxylic acids is 1. The molecule has 0 spiro atoms. The third-order valence-electron chi connectivity index (χ3n) is 7.97. The molecule has 2 aromatic carbocycles. The van der Waals surface area contributed by atoms with Gasteiger partial charge in [0.2, 0.25) is 5.91 Å². The fourth-order valence-electron chi connectivity index (χ4n) is 5.67. The van der Waals surface area contributed by atoms with Crippen LogP contribution in [-0.2, 0) is 16.0 Å². The number of likely N-dealkylation sites (tertiary alicyclic amines) is 1. The fourth-order valence-corrected chi connectivity index (χ4v) is 5.67. The molecule has 0 atom stereocenters. The van der Waals surface area contributed by atoms with Crippen molar-refractivity contribution in [3.05, 3.63) is 48.0 Å². The Kier molecular flexibility index (Phi) is 8.34. The topological polar surface area (TPSA) is 60.0 Å². The first-order valence-electron chi connectivity index (χ1n) is 12.8. The molecule has 1 aliphatic carbocycles. The van der Waals surface area contributed by atoms with E-state index in [0.717, 1.165) is 80.7 Å². The molecule has 0 bridgehead atoms. The van der Waals surface area contributed by atoms with Gasteiger partial charge in [-0.05, 0) is 88.3 Å². The average molecular weight is 481 g/mol. The molecule has 6 heteroatoms. The third kappa shape index (κ3) is 5.81. The van der Waals surface area contributed by atoms with Gasteiger partial charge in [0.25, 0.3) is 0 Å². The van der Waals surface area contributed by atoms with Crippen LogP contribution >= 0.6 is 0 Å². The van der Waals surface area contributed by atoms with Gasteiger partial charge in [-0.3, -0.25) is 4.79 Å². The molecule has 0 unspecified atom stereocenters. The molecule has 0 radical (unpaired) electrons. The van der Waals surface area contributed by atoms with Crippen LogP contribution in [0.5, 0.6) is 11.5 Å². The fraction of sp³-hybridized carbons (Fsp3) is 0.552. The van der Waals surface area contributed by atoms with Gasteiger partial charge in [-0.15, -0.1) is 0 Å². The van der Waals surface area contributed by atoms with Crippen LogP contribution < -0.4 is 14.8 Å². The van der Waals surface area contributed by atoms with E-state index in [9.17, 15) is 4.79 Å². The van der Waals surface area contributed by atoms with Crippen LogP contribution in [0.25, 0.3) is 11.1 Å². The summed E-state index contributed by atoms with van der Waals surface area (Å²) in [5.74, 6) is 1.78. The summed E-state index contributed by atoms with van der Waals surface area (Å²) in [5, 5.41) is 3.43. The molecule has 4 rings (SSSR count). The van der Waals surface area contributed by atoms with Gasteiger partial charge in [0.1, 0.15) is 11.5 Å². The molecular weight excluding hydrogens is 440 g/mol. The van der Waals surface area contributed by atoms with Crippen molar-refractivity contribution >= 4 is 5.91 Å². The van der Waals surface area contributed by atoms with Crippen LogP contribution in [0.1, 0.15) is 44.1 Å². The van der Waals surface area contributed by atoms with Crippen LogP contribution in [0.2, 0.25) is 0 Å². The summed E-state index contributed by atoms with van der Waals surface area (Å²) in [6.07, 6.45) is 6.59. The molecule has 1 amide bonds. The minimum atomic E-state index is -0.387. The van der Waals surface area contributed by atoms with E-state index in [0.29, 0.717) is 0 Å². The number of amides is 1. The van der Waals surface area contributed by atoms with E-state index in [4.69, 9.17) is 14.2 Å². The summed E-state index contributed by atoms with van der Waals surface area (Å²) in [4.78, 5) is 16.1. The Hall–Kier alpha value is -2.57. The van der Waals surface area contributed by atoms with Crippen LogP contribution in [0, 0.1) is 5.41 Å². The van der Waals surface area contributed by atoms with Crippen molar-refractivity contribution in [2.24, 2.45) is 5.41 Å². The molecule has 2 aliphatic rings. The summed E-state index contributed by atoms with van der Waals surface area (Å²) < 4.78 is 16.8. The highest BCUT2D eigenvalue weighted by Gasteiger charge is 2.42. The van der Waals surface area contributed by atoms with Gasteiger partial charge >= 0.3 is 0 Å². The number of hydrogen-bond acceptors (Lipinski definition) is 5. The highest BCUT2D eigenvalue weighted by molar-refractivity contribution is 5.83. The zero-order valence-electron chi connectivity index (χ0n) is 21.6. The SMILES string of the molecule is COc1cccc(OC)c1-c1ccc(CC2(C(=O)NC3CCN(C)CC3)CCC(OC)CC2)cc1. The lowest BCUT2D eigenvalue weighted by atomic mass is 9.68. The van der Waals surface area contributed by atoms with E-state index in [-0.39, 0.29) is 23.5 Å². The summed E-state index contributed by atoms with van der Waals surface area (Å²) in [7, 11) is 7.28. The molecule has 1 heterocycles. The van der Waals surface area contributed by atoms with E-state index >= 15 is 0 Å². The number of hydrogen-bond donors (Lipinski definition) is 1. The quantitative estimate of drug-likeness (QED) is 0.594. The minimum absolute atomic E-state index is 0.220. The Balaban J connectivity index is 1.54. The Bertz CT molecular complexity index is 952. The zero-order valence-corrected chi connectivity index (χ0v) is 21.6. The van der Waals surface area contributed by atoms with Crippen molar-refractivity contribution in [3.63, 3.8) is 0 Å². The van der Waals surface area contributed by atoms with Crippen molar-refractivity contribution in [3.8, 4) is 22.6 Å². The molecule has 6 nitrogen and oxygen atoms in total. The first kappa shape index (κ1) is 25.5. The molecule has 2 fully saturated rings. The second-order valence-electron chi connectivity index (χ2n) is 10.2. The van der Waals surface area contributed by atoms with Crippen molar-refractivity contribution in [1.29, 1.82) is 0 Å². The molecule has 1 saturated heterocycles. The maximum atomic E-state index is 13.7. The first-order chi connectivity index (χ1) is 17.0. The van der Waals surface area contributed by atoms with Gasteiger partial charge in [-0.1, -0.05) is 30.3 Å². The number of carbonyl (C=O) groups is 1. The normalized spacial score (nSPS) is 23.6. The molecule has 1 N–H and O–H groups in total. The van der Waals surface area contributed by atoms with E-state index < -0.39 is 0 Å². The van der Waals surface area contributed by atoms with Crippen molar-refractivity contribution in [2.75, 3.05) is 41.5 Å². The molecule has 35 heavy (non-hydrogen) atoms.